The minimum atomic E-state index is -0.233. The molecule has 0 aliphatic carbocycles. The molecule has 1 aliphatic heterocycles. The molecule has 3 nitrogen and oxygen atoms in total. The van der Waals surface area contributed by atoms with E-state index in [1.54, 1.807) is 17.8 Å². The van der Waals surface area contributed by atoms with Gasteiger partial charge in [-0.2, -0.15) is 11.8 Å². The number of halogens is 1. The Morgan fingerprint density at radius 3 is 3.05 bits per heavy atom. The van der Waals surface area contributed by atoms with E-state index < -0.39 is 0 Å². The fourth-order valence-electron chi connectivity index (χ4n) is 2.33. The highest BCUT2D eigenvalue weighted by Gasteiger charge is 2.18. The highest BCUT2D eigenvalue weighted by molar-refractivity contribution is 7.97. The molecular weight excluding hydrogens is 277 g/mol. The summed E-state index contributed by atoms with van der Waals surface area (Å²) in [6, 6.07) is 4.72. The summed E-state index contributed by atoms with van der Waals surface area (Å²) >= 11 is 1.64. The molecule has 1 aliphatic rings. The minimum Gasteiger partial charge on any atom is -0.378 e. The summed E-state index contributed by atoms with van der Waals surface area (Å²) in [6.45, 7) is 1.20. The number of carbonyl (C=O) groups excluding carboxylic acids is 1. The lowest BCUT2D eigenvalue weighted by molar-refractivity contribution is -0.123. The van der Waals surface area contributed by atoms with Crippen LogP contribution >= 0.6 is 11.8 Å². The van der Waals surface area contributed by atoms with Crippen LogP contribution in [0.1, 0.15) is 30.4 Å². The highest BCUT2D eigenvalue weighted by atomic mass is 32.2. The van der Waals surface area contributed by atoms with Gasteiger partial charge in [-0.3, -0.25) is 4.79 Å². The van der Waals surface area contributed by atoms with Gasteiger partial charge in [0.25, 0.3) is 0 Å². The molecule has 1 saturated heterocycles. The second kappa shape index (κ2) is 7.64. The second-order valence-corrected chi connectivity index (χ2v) is 5.83. The summed E-state index contributed by atoms with van der Waals surface area (Å²) < 4.78 is 18.7. The predicted molar refractivity (Wildman–Crippen MR) is 79.1 cm³/mol. The van der Waals surface area contributed by atoms with Gasteiger partial charge in [0, 0.05) is 18.9 Å². The zero-order chi connectivity index (χ0) is 14.4. The third-order valence-corrected chi connectivity index (χ3v) is 3.98. The molecule has 1 heterocycles. The first-order valence-corrected chi connectivity index (χ1v) is 8.23. The quantitative estimate of drug-likeness (QED) is 0.877. The summed E-state index contributed by atoms with van der Waals surface area (Å²) in [4.78, 5) is 11.8. The average Bonchev–Trinajstić information content (AvgIpc) is 2.91. The molecule has 1 unspecified atom stereocenters. The largest absolute Gasteiger partial charge is 0.378 e. The Kier molecular flexibility index (Phi) is 5.86. The van der Waals surface area contributed by atoms with E-state index >= 15 is 0 Å². The lowest BCUT2D eigenvalue weighted by Crippen LogP contribution is -2.27. The summed E-state index contributed by atoms with van der Waals surface area (Å²) in [5.41, 5.74) is 1.91. The Hall–Kier alpha value is -1.07. The van der Waals surface area contributed by atoms with E-state index in [1.807, 2.05) is 6.26 Å². The molecule has 1 amide bonds. The summed E-state index contributed by atoms with van der Waals surface area (Å²) in [7, 11) is 0. The van der Waals surface area contributed by atoms with Crippen molar-refractivity contribution >= 4 is 17.7 Å². The van der Waals surface area contributed by atoms with Gasteiger partial charge in [-0.25, -0.2) is 4.39 Å². The smallest absolute Gasteiger partial charge is 0.222 e. The van der Waals surface area contributed by atoms with Gasteiger partial charge in [-0.15, -0.1) is 0 Å². The zero-order valence-corrected chi connectivity index (χ0v) is 12.5. The second-order valence-electron chi connectivity index (χ2n) is 4.96. The molecule has 0 saturated carbocycles. The molecule has 0 spiro atoms. The highest BCUT2D eigenvalue weighted by Crippen LogP contribution is 2.17. The molecule has 1 aromatic carbocycles. The predicted octanol–water partition coefficient (Wildman–Crippen LogP) is 2.87. The fraction of sp³-hybridized carbons (Fsp3) is 0.533. The van der Waals surface area contributed by atoms with Gasteiger partial charge >= 0.3 is 0 Å². The normalized spacial score (nSPS) is 18.2. The molecule has 1 N–H and O–H groups in total. The Morgan fingerprint density at radius 2 is 2.35 bits per heavy atom. The van der Waals surface area contributed by atoms with Gasteiger partial charge in [0.15, 0.2) is 0 Å². The van der Waals surface area contributed by atoms with Crippen molar-refractivity contribution in [2.45, 2.75) is 37.7 Å². The Labute approximate surface area is 123 Å². The van der Waals surface area contributed by atoms with Crippen LogP contribution in [0.4, 0.5) is 4.39 Å². The van der Waals surface area contributed by atoms with Crippen molar-refractivity contribution in [2.24, 2.45) is 0 Å². The van der Waals surface area contributed by atoms with Crippen LogP contribution in [0.25, 0.3) is 0 Å². The van der Waals surface area contributed by atoms with Crippen LogP contribution in [0.3, 0.4) is 0 Å². The van der Waals surface area contributed by atoms with E-state index in [1.165, 1.54) is 12.1 Å². The van der Waals surface area contributed by atoms with Gasteiger partial charge < -0.3 is 10.1 Å². The molecule has 0 radical (unpaired) electrons. The third-order valence-electron chi connectivity index (χ3n) is 3.38. The van der Waals surface area contributed by atoms with Crippen LogP contribution in [-0.2, 0) is 21.8 Å². The van der Waals surface area contributed by atoms with Crippen molar-refractivity contribution in [3.8, 4) is 0 Å². The molecule has 1 atom stereocenters. The van der Waals surface area contributed by atoms with E-state index in [4.69, 9.17) is 4.74 Å². The number of rotatable bonds is 6. The average molecular weight is 297 g/mol. The van der Waals surface area contributed by atoms with Gasteiger partial charge in [0.05, 0.1) is 12.5 Å². The van der Waals surface area contributed by atoms with E-state index in [2.05, 4.69) is 5.32 Å². The van der Waals surface area contributed by atoms with Crippen molar-refractivity contribution in [2.75, 3.05) is 12.9 Å². The number of thioether (sulfide) groups is 1. The van der Waals surface area contributed by atoms with Gasteiger partial charge in [-0.05, 0) is 42.4 Å². The number of ether oxygens (including phenoxy) is 1. The summed E-state index contributed by atoms with van der Waals surface area (Å²) in [6.07, 6.45) is 4.45. The Bertz CT molecular complexity index is 461. The molecule has 0 bridgehead atoms. The van der Waals surface area contributed by atoms with Crippen LogP contribution in [0, 0.1) is 5.82 Å². The van der Waals surface area contributed by atoms with Crippen molar-refractivity contribution in [1.82, 2.24) is 5.32 Å². The molecule has 5 heteroatoms. The van der Waals surface area contributed by atoms with Crippen LogP contribution < -0.4 is 5.32 Å². The van der Waals surface area contributed by atoms with Gasteiger partial charge in [0.2, 0.25) is 5.91 Å². The summed E-state index contributed by atoms with van der Waals surface area (Å²) in [5, 5.41) is 2.89. The molecule has 2 rings (SSSR count). The maximum atomic E-state index is 13.2. The maximum absolute atomic E-state index is 13.2. The van der Waals surface area contributed by atoms with Crippen LogP contribution in [0.2, 0.25) is 0 Å². The minimum absolute atomic E-state index is 0.00340. The van der Waals surface area contributed by atoms with Gasteiger partial charge in [-0.1, -0.05) is 6.07 Å². The Morgan fingerprint density at radius 1 is 1.50 bits per heavy atom. The van der Waals surface area contributed by atoms with Crippen LogP contribution in [-0.4, -0.2) is 24.9 Å². The molecule has 0 aromatic heterocycles. The lowest BCUT2D eigenvalue weighted by Gasteiger charge is -2.12. The molecule has 20 heavy (non-hydrogen) atoms. The Balaban J connectivity index is 1.87. The molecule has 1 fully saturated rings. The standard InChI is InChI=1S/C15H20FNO2S/c1-20-10-12-7-13(16)5-4-11(12)9-17-15(18)8-14-3-2-6-19-14/h4-5,7,14H,2-3,6,8-10H2,1H3,(H,17,18). The maximum Gasteiger partial charge on any atom is 0.222 e. The number of carbonyl (C=O) groups is 1. The monoisotopic (exact) mass is 297 g/mol. The number of benzene rings is 1. The lowest BCUT2D eigenvalue weighted by atomic mass is 10.1. The van der Waals surface area contributed by atoms with Gasteiger partial charge in [0.1, 0.15) is 5.82 Å². The number of amides is 1. The fourth-order valence-corrected chi connectivity index (χ4v) is 2.91. The molecule has 110 valence electrons. The van der Waals surface area contributed by atoms with Crippen LogP contribution in [0.5, 0.6) is 0 Å². The van der Waals surface area contributed by atoms with E-state index in [0.717, 1.165) is 36.3 Å². The van der Waals surface area contributed by atoms with E-state index in [-0.39, 0.29) is 17.8 Å². The first kappa shape index (κ1) is 15.3. The van der Waals surface area contributed by atoms with E-state index in [9.17, 15) is 9.18 Å². The third kappa shape index (κ3) is 4.49. The van der Waals surface area contributed by atoms with Crippen molar-refractivity contribution < 1.29 is 13.9 Å². The number of hydrogen-bond acceptors (Lipinski definition) is 3. The molecular formula is C15H20FNO2S. The van der Waals surface area contributed by atoms with E-state index in [0.29, 0.717) is 13.0 Å². The van der Waals surface area contributed by atoms with Crippen molar-refractivity contribution in [3.63, 3.8) is 0 Å². The van der Waals surface area contributed by atoms with Crippen molar-refractivity contribution in [1.29, 1.82) is 0 Å². The SMILES string of the molecule is CSCc1cc(F)ccc1CNC(=O)CC1CCCO1. The van der Waals surface area contributed by atoms with Crippen LogP contribution in [0.15, 0.2) is 18.2 Å². The first-order chi connectivity index (χ1) is 9.69. The number of nitrogens with one attached hydrogen (secondary N) is 1. The molecule has 1 aromatic rings. The topological polar surface area (TPSA) is 38.3 Å². The summed E-state index contributed by atoms with van der Waals surface area (Å²) in [5.74, 6) is 0.508. The zero-order valence-electron chi connectivity index (χ0n) is 11.7. The number of hydrogen-bond donors (Lipinski definition) is 1. The first-order valence-electron chi connectivity index (χ1n) is 6.83. The van der Waals surface area contributed by atoms with Crippen molar-refractivity contribution in [3.05, 3.63) is 35.1 Å².